The van der Waals surface area contributed by atoms with E-state index >= 15 is 0 Å². The smallest absolute Gasteiger partial charge is 0.268 e. The summed E-state index contributed by atoms with van der Waals surface area (Å²) in [5.41, 5.74) is 0.799. The van der Waals surface area contributed by atoms with Gasteiger partial charge < -0.3 is 0 Å². The summed E-state index contributed by atoms with van der Waals surface area (Å²) < 4.78 is 13.8. The van der Waals surface area contributed by atoms with E-state index in [1.54, 1.807) is 12.1 Å². The van der Waals surface area contributed by atoms with Crippen LogP contribution in [0.1, 0.15) is 5.56 Å². The van der Waals surface area contributed by atoms with Crippen molar-refractivity contribution in [1.82, 2.24) is 0 Å². The fourth-order valence-corrected chi connectivity index (χ4v) is 2.84. The Kier molecular flexibility index (Phi) is 3.58. The van der Waals surface area contributed by atoms with Gasteiger partial charge in [0.2, 0.25) is 0 Å². The van der Waals surface area contributed by atoms with E-state index in [9.17, 15) is 14.0 Å². The molecule has 1 aliphatic heterocycles. The molecular weight excluding hydrogens is 289 g/mol. The zero-order chi connectivity index (χ0) is 14.8. The van der Waals surface area contributed by atoms with Gasteiger partial charge in [0, 0.05) is 0 Å². The number of para-hydroxylation sites is 1. The zero-order valence-electron chi connectivity index (χ0n) is 10.8. The number of amides is 2. The second kappa shape index (κ2) is 5.54. The molecule has 0 bridgehead atoms. The van der Waals surface area contributed by atoms with Gasteiger partial charge in [-0.05, 0) is 35.5 Å². The molecule has 0 spiro atoms. The minimum Gasteiger partial charge on any atom is -0.268 e. The van der Waals surface area contributed by atoms with Gasteiger partial charge in [0.1, 0.15) is 5.82 Å². The average molecular weight is 299 g/mol. The molecule has 21 heavy (non-hydrogen) atoms. The molecule has 0 aromatic heterocycles. The molecule has 1 saturated heterocycles. The molecule has 3 rings (SSSR count). The standard InChI is InChI=1S/C16H10FNO2S/c17-12-8-4-5-9-13(12)18-15(19)14(21-16(18)20)10-11-6-2-1-3-7-11/h1-10H/b14-10-. The third-order valence-electron chi connectivity index (χ3n) is 2.98. The van der Waals surface area contributed by atoms with Crippen molar-refractivity contribution in [3.8, 4) is 0 Å². The van der Waals surface area contributed by atoms with Crippen LogP contribution in [0.25, 0.3) is 6.08 Å². The number of anilines is 1. The maximum Gasteiger partial charge on any atom is 0.298 e. The fraction of sp³-hybridized carbons (Fsp3) is 0. The largest absolute Gasteiger partial charge is 0.298 e. The van der Waals surface area contributed by atoms with E-state index in [0.29, 0.717) is 0 Å². The number of benzene rings is 2. The van der Waals surface area contributed by atoms with Gasteiger partial charge in [0.15, 0.2) is 0 Å². The first-order chi connectivity index (χ1) is 10.2. The van der Waals surface area contributed by atoms with Crippen molar-refractivity contribution in [2.45, 2.75) is 0 Å². The van der Waals surface area contributed by atoms with E-state index in [2.05, 4.69) is 0 Å². The highest BCUT2D eigenvalue weighted by atomic mass is 32.2. The molecule has 5 heteroatoms. The highest BCUT2D eigenvalue weighted by Crippen LogP contribution is 2.36. The highest BCUT2D eigenvalue weighted by Gasteiger charge is 2.37. The molecule has 1 aliphatic rings. The number of halogens is 1. The van der Waals surface area contributed by atoms with Gasteiger partial charge in [-0.25, -0.2) is 9.29 Å². The summed E-state index contributed by atoms with van der Waals surface area (Å²) in [7, 11) is 0. The van der Waals surface area contributed by atoms with Gasteiger partial charge in [-0.3, -0.25) is 9.59 Å². The number of thioether (sulfide) groups is 1. The molecule has 104 valence electrons. The summed E-state index contributed by atoms with van der Waals surface area (Å²) >= 11 is 0.812. The van der Waals surface area contributed by atoms with E-state index in [4.69, 9.17) is 0 Å². The molecule has 1 fully saturated rings. The van der Waals surface area contributed by atoms with Crippen LogP contribution in [0.15, 0.2) is 59.5 Å². The van der Waals surface area contributed by atoms with Gasteiger partial charge in [-0.1, -0.05) is 42.5 Å². The van der Waals surface area contributed by atoms with Crippen molar-refractivity contribution < 1.29 is 14.0 Å². The minimum absolute atomic E-state index is 0.0172. The topological polar surface area (TPSA) is 37.4 Å². The molecule has 0 unspecified atom stereocenters. The summed E-state index contributed by atoms with van der Waals surface area (Å²) in [4.78, 5) is 25.5. The number of imide groups is 1. The molecule has 2 aromatic carbocycles. The highest BCUT2D eigenvalue weighted by molar-refractivity contribution is 8.19. The summed E-state index contributed by atoms with van der Waals surface area (Å²) in [6.07, 6.45) is 1.63. The van der Waals surface area contributed by atoms with Crippen LogP contribution >= 0.6 is 11.8 Å². The lowest BCUT2D eigenvalue weighted by Gasteiger charge is -2.12. The maximum atomic E-state index is 13.8. The van der Waals surface area contributed by atoms with Crippen molar-refractivity contribution in [3.63, 3.8) is 0 Å². The van der Waals surface area contributed by atoms with Crippen LogP contribution in [-0.4, -0.2) is 11.1 Å². The number of nitrogens with zero attached hydrogens (tertiary/aromatic N) is 1. The van der Waals surface area contributed by atoms with Crippen LogP contribution in [0.4, 0.5) is 14.9 Å². The van der Waals surface area contributed by atoms with Crippen LogP contribution in [-0.2, 0) is 4.79 Å². The lowest BCUT2D eigenvalue weighted by Crippen LogP contribution is -2.28. The van der Waals surface area contributed by atoms with Gasteiger partial charge >= 0.3 is 0 Å². The Morgan fingerprint density at radius 3 is 2.33 bits per heavy atom. The predicted octanol–water partition coefficient (Wildman–Crippen LogP) is 4.07. The predicted molar refractivity (Wildman–Crippen MR) is 81.3 cm³/mol. The zero-order valence-corrected chi connectivity index (χ0v) is 11.6. The molecular formula is C16H10FNO2S. The van der Waals surface area contributed by atoms with Crippen molar-refractivity contribution >= 4 is 34.7 Å². The molecule has 2 aromatic rings. The Hall–Kier alpha value is -2.40. The van der Waals surface area contributed by atoms with E-state index < -0.39 is 17.0 Å². The summed E-state index contributed by atoms with van der Waals surface area (Å²) in [5, 5.41) is -0.493. The van der Waals surface area contributed by atoms with Crippen LogP contribution in [0.2, 0.25) is 0 Å². The molecule has 0 radical (unpaired) electrons. The Bertz CT molecular complexity index is 743. The van der Waals surface area contributed by atoms with Crippen molar-refractivity contribution in [3.05, 3.63) is 70.9 Å². The average Bonchev–Trinajstić information content (AvgIpc) is 2.76. The van der Waals surface area contributed by atoms with Gasteiger partial charge in [0.05, 0.1) is 10.6 Å². The molecule has 0 atom stereocenters. The van der Waals surface area contributed by atoms with E-state index in [1.165, 1.54) is 18.2 Å². The van der Waals surface area contributed by atoms with Crippen LogP contribution in [0.3, 0.4) is 0 Å². The first kappa shape index (κ1) is 13.6. The lowest BCUT2D eigenvalue weighted by molar-refractivity contribution is -0.113. The summed E-state index contributed by atoms with van der Waals surface area (Å²) in [6, 6.07) is 14.9. The Morgan fingerprint density at radius 1 is 0.952 bits per heavy atom. The van der Waals surface area contributed by atoms with Crippen molar-refractivity contribution in [2.75, 3.05) is 4.90 Å². The molecule has 0 saturated carbocycles. The Morgan fingerprint density at radius 2 is 1.62 bits per heavy atom. The Labute approximate surface area is 125 Å². The fourth-order valence-electron chi connectivity index (χ4n) is 2.01. The molecule has 0 aliphatic carbocycles. The maximum absolute atomic E-state index is 13.8. The monoisotopic (exact) mass is 299 g/mol. The SMILES string of the molecule is O=C1S/C(=C\c2ccccc2)C(=O)N1c1ccccc1F. The van der Waals surface area contributed by atoms with Crippen LogP contribution in [0.5, 0.6) is 0 Å². The number of carbonyl (C=O) groups is 2. The Balaban J connectivity index is 1.97. The lowest BCUT2D eigenvalue weighted by atomic mass is 10.2. The normalized spacial score (nSPS) is 16.8. The molecule has 1 heterocycles. The molecule has 2 amide bonds. The van der Waals surface area contributed by atoms with Crippen LogP contribution in [0, 0.1) is 5.82 Å². The van der Waals surface area contributed by atoms with E-state index in [1.807, 2.05) is 30.3 Å². The van der Waals surface area contributed by atoms with Crippen molar-refractivity contribution in [1.29, 1.82) is 0 Å². The van der Waals surface area contributed by atoms with Gasteiger partial charge in [-0.2, -0.15) is 0 Å². The van der Waals surface area contributed by atoms with E-state index in [0.717, 1.165) is 22.2 Å². The number of carbonyl (C=O) groups excluding carboxylic acids is 2. The number of rotatable bonds is 2. The van der Waals surface area contributed by atoms with Crippen molar-refractivity contribution in [2.24, 2.45) is 0 Å². The van der Waals surface area contributed by atoms with Gasteiger partial charge in [-0.15, -0.1) is 0 Å². The quantitative estimate of drug-likeness (QED) is 0.785. The number of hydrogen-bond donors (Lipinski definition) is 0. The first-order valence-corrected chi connectivity index (χ1v) is 7.06. The van der Waals surface area contributed by atoms with E-state index in [-0.39, 0.29) is 10.6 Å². The third-order valence-corrected chi connectivity index (χ3v) is 3.85. The first-order valence-electron chi connectivity index (χ1n) is 6.24. The summed E-state index contributed by atoms with van der Waals surface area (Å²) in [6.45, 7) is 0. The second-order valence-electron chi connectivity index (χ2n) is 4.38. The minimum atomic E-state index is -0.597. The molecule has 3 nitrogen and oxygen atoms in total. The third kappa shape index (κ3) is 2.60. The molecule has 0 N–H and O–H groups in total. The van der Waals surface area contributed by atoms with Crippen LogP contribution < -0.4 is 4.90 Å². The van der Waals surface area contributed by atoms with Gasteiger partial charge in [0.25, 0.3) is 11.1 Å². The summed E-state index contributed by atoms with van der Waals surface area (Å²) in [5.74, 6) is -1.10. The number of hydrogen-bond acceptors (Lipinski definition) is 3. The second-order valence-corrected chi connectivity index (χ2v) is 5.37.